The molecule has 0 radical (unpaired) electrons. The molecule has 0 aliphatic carbocycles. The Labute approximate surface area is 157 Å². The lowest BCUT2D eigenvalue weighted by molar-refractivity contribution is 0.181. The number of halogens is 1. The van der Waals surface area contributed by atoms with Crippen molar-refractivity contribution in [3.8, 4) is 5.75 Å². The average molecular weight is 355 g/mol. The summed E-state index contributed by atoms with van der Waals surface area (Å²) in [4.78, 5) is 2.59. The molecule has 2 aromatic carbocycles. The molecule has 1 fully saturated rings. The summed E-state index contributed by atoms with van der Waals surface area (Å²) in [6.07, 6.45) is 6.24. The van der Waals surface area contributed by atoms with Crippen LogP contribution in [0.5, 0.6) is 5.75 Å². The maximum Gasteiger partial charge on any atom is 0.123 e. The standard InChI is InChI=1S/C23H30FNO/c24-15-19-26-23-10-8-21(9-11-23)12-16-25-17-13-22(14-18-25)7-6-20-4-2-1-3-5-20/h1-5,8-11,22H,6-7,12-19H2. The van der Waals surface area contributed by atoms with Crippen molar-refractivity contribution in [2.45, 2.75) is 32.1 Å². The zero-order chi connectivity index (χ0) is 18.0. The van der Waals surface area contributed by atoms with E-state index in [0.29, 0.717) is 0 Å². The Bertz CT molecular complexity index is 620. The first-order chi connectivity index (χ1) is 12.8. The predicted octanol–water partition coefficient (Wildman–Crippen LogP) is 4.92. The van der Waals surface area contributed by atoms with Gasteiger partial charge >= 0.3 is 0 Å². The minimum atomic E-state index is -0.441. The highest BCUT2D eigenvalue weighted by molar-refractivity contribution is 5.27. The van der Waals surface area contributed by atoms with Crippen LogP contribution in [0.1, 0.15) is 30.4 Å². The van der Waals surface area contributed by atoms with E-state index in [1.54, 1.807) is 0 Å². The Hall–Kier alpha value is -1.87. The highest BCUT2D eigenvalue weighted by Gasteiger charge is 2.18. The average Bonchev–Trinajstić information content (AvgIpc) is 2.71. The maximum absolute atomic E-state index is 12.1. The second-order valence-electron chi connectivity index (χ2n) is 7.24. The van der Waals surface area contributed by atoms with Crippen LogP contribution in [0.4, 0.5) is 4.39 Å². The number of nitrogens with zero attached hydrogens (tertiary/aromatic N) is 1. The third-order valence-electron chi connectivity index (χ3n) is 5.38. The van der Waals surface area contributed by atoms with Crippen molar-refractivity contribution in [3.63, 3.8) is 0 Å². The molecule has 0 amide bonds. The van der Waals surface area contributed by atoms with Gasteiger partial charge in [0.05, 0.1) is 0 Å². The lowest BCUT2D eigenvalue weighted by Crippen LogP contribution is -2.35. The van der Waals surface area contributed by atoms with E-state index in [9.17, 15) is 4.39 Å². The van der Waals surface area contributed by atoms with E-state index in [1.807, 2.05) is 12.1 Å². The van der Waals surface area contributed by atoms with Crippen molar-refractivity contribution in [1.82, 2.24) is 4.90 Å². The van der Waals surface area contributed by atoms with Crippen LogP contribution < -0.4 is 4.74 Å². The Kier molecular flexibility index (Phi) is 7.51. The van der Waals surface area contributed by atoms with Crippen molar-refractivity contribution in [1.29, 1.82) is 0 Å². The van der Waals surface area contributed by atoms with E-state index in [2.05, 4.69) is 47.4 Å². The lowest BCUT2D eigenvalue weighted by atomic mass is 9.90. The molecule has 0 N–H and O–H groups in total. The van der Waals surface area contributed by atoms with Gasteiger partial charge in [-0.25, -0.2) is 4.39 Å². The van der Waals surface area contributed by atoms with Gasteiger partial charge in [0, 0.05) is 6.54 Å². The van der Waals surface area contributed by atoms with E-state index >= 15 is 0 Å². The molecule has 140 valence electrons. The third-order valence-corrected chi connectivity index (χ3v) is 5.38. The number of aryl methyl sites for hydroxylation is 1. The van der Waals surface area contributed by atoms with Crippen LogP contribution in [0.2, 0.25) is 0 Å². The van der Waals surface area contributed by atoms with Crippen LogP contribution in [-0.2, 0) is 12.8 Å². The van der Waals surface area contributed by atoms with Crippen molar-refractivity contribution in [3.05, 3.63) is 65.7 Å². The van der Waals surface area contributed by atoms with Crippen molar-refractivity contribution in [2.75, 3.05) is 32.9 Å². The van der Waals surface area contributed by atoms with Gasteiger partial charge in [-0.1, -0.05) is 42.5 Å². The van der Waals surface area contributed by atoms with Crippen molar-refractivity contribution < 1.29 is 9.13 Å². The van der Waals surface area contributed by atoms with E-state index in [-0.39, 0.29) is 6.61 Å². The number of ether oxygens (including phenoxy) is 1. The maximum atomic E-state index is 12.1. The van der Waals surface area contributed by atoms with Gasteiger partial charge in [0.1, 0.15) is 19.0 Å². The number of alkyl halides is 1. The summed E-state index contributed by atoms with van der Waals surface area (Å²) in [5, 5.41) is 0. The molecule has 2 aromatic rings. The van der Waals surface area contributed by atoms with Crippen LogP contribution in [0.3, 0.4) is 0 Å². The van der Waals surface area contributed by atoms with Crippen LogP contribution in [-0.4, -0.2) is 37.8 Å². The first-order valence-corrected chi connectivity index (χ1v) is 9.87. The monoisotopic (exact) mass is 355 g/mol. The molecule has 0 atom stereocenters. The smallest absolute Gasteiger partial charge is 0.123 e. The molecule has 0 bridgehead atoms. The Morgan fingerprint density at radius 1 is 0.885 bits per heavy atom. The summed E-state index contributed by atoms with van der Waals surface area (Å²) >= 11 is 0. The molecule has 3 heteroatoms. The molecule has 3 rings (SSSR count). The molecule has 1 heterocycles. The summed E-state index contributed by atoms with van der Waals surface area (Å²) in [6, 6.07) is 18.9. The topological polar surface area (TPSA) is 12.5 Å². The van der Waals surface area contributed by atoms with Crippen LogP contribution in [0.25, 0.3) is 0 Å². The normalized spacial score (nSPS) is 15.9. The summed E-state index contributed by atoms with van der Waals surface area (Å²) in [6.45, 7) is 3.26. The van der Waals surface area contributed by atoms with Gasteiger partial charge in [-0.3, -0.25) is 0 Å². The number of piperidine rings is 1. The minimum absolute atomic E-state index is 0.137. The molecule has 26 heavy (non-hydrogen) atoms. The number of hydrogen-bond donors (Lipinski definition) is 0. The van der Waals surface area contributed by atoms with E-state index in [1.165, 1.54) is 49.9 Å². The van der Waals surface area contributed by atoms with Gasteiger partial charge < -0.3 is 9.64 Å². The van der Waals surface area contributed by atoms with Crippen LogP contribution in [0, 0.1) is 5.92 Å². The highest BCUT2D eigenvalue weighted by atomic mass is 19.1. The number of hydrogen-bond acceptors (Lipinski definition) is 2. The quantitative estimate of drug-likeness (QED) is 0.633. The van der Waals surface area contributed by atoms with Gasteiger partial charge in [0.25, 0.3) is 0 Å². The van der Waals surface area contributed by atoms with E-state index in [4.69, 9.17) is 4.74 Å². The first kappa shape index (κ1) is 18.9. The van der Waals surface area contributed by atoms with Crippen LogP contribution in [0.15, 0.2) is 54.6 Å². The molecule has 0 saturated carbocycles. The molecule has 1 aliphatic heterocycles. The summed E-state index contributed by atoms with van der Waals surface area (Å²) in [5.41, 5.74) is 2.79. The van der Waals surface area contributed by atoms with Gasteiger partial charge in [-0.05, 0) is 74.4 Å². The molecule has 0 aromatic heterocycles. The molecule has 0 spiro atoms. The summed E-state index contributed by atoms with van der Waals surface area (Å²) < 4.78 is 17.4. The van der Waals surface area contributed by atoms with Crippen molar-refractivity contribution >= 4 is 0 Å². The zero-order valence-corrected chi connectivity index (χ0v) is 15.6. The Morgan fingerprint density at radius 3 is 2.27 bits per heavy atom. The van der Waals surface area contributed by atoms with Crippen molar-refractivity contribution in [2.24, 2.45) is 5.92 Å². The van der Waals surface area contributed by atoms with Crippen LogP contribution >= 0.6 is 0 Å². The molecule has 0 unspecified atom stereocenters. The summed E-state index contributed by atoms with van der Waals surface area (Å²) in [5.74, 6) is 1.63. The zero-order valence-electron chi connectivity index (χ0n) is 15.6. The molecule has 1 saturated heterocycles. The Morgan fingerprint density at radius 2 is 1.58 bits per heavy atom. The fourth-order valence-electron chi connectivity index (χ4n) is 3.71. The minimum Gasteiger partial charge on any atom is -0.491 e. The molecular weight excluding hydrogens is 325 g/mol. The summed E-state index contributed by atoms with van der Waals surface area (Å²) in [7, 11) is 0. The second kappa shape index (κ2) is 10.3. The van der Waals surface area contributed by atoms with Gasteiger partial charge in [0.15, 0.2) is 0 Å². The van der Waals surface area contributed by atoms with Gasteiger partial charge in [0.2, 0.25) is 0 Å². The van der Waals surface area contributed by atoms with Gasteiger partial charge in [-0.15, -0.1) is 0 Å². The SMILES string of the molecule is FCCOc1ccc(CCN2CCC(CCc3ccccc3)CC2)cc1. The fraction of sp³-hybridized carbons (Fsp3) is 0.478. The second-order valence-corrected chi connectivity index (χ2v) is 7.24. The number of benzene rings is 2. The highest BCUT2D eigenvalue weighted by Crippen LogP contribution is 2.23. The van der Waals surface area contributed by atoms with Gasteiger partial charge in [-0.2, -0.15) is 0 Å². The van der Waals surface area contributed by atoms with E-state index < -0.39 is 6.67 Å². The molecule has 1 aliphatic rings. The number of rotatable bonds is 9. The largest absolute Gasteiger partial charge is 0.491 e. The predicted molar refractivity (Wildman–Crippen MR) is 106 cm³/mol. The lowest BCUT2D eigenvalue weighted by Gasteiger charge is -2.32. The third kappa shape index (κ3) is 6.14. The fourth-order valence-corrected chi connectivity index (χ4v) is 3.71. The number of likely N-dealkylation sites (tertiary alicyclic amines) is 1. The first-order valence-electron chi connectivity index (χ1n) is 9.87. The van der Waals surface area contributed by atoms with E-state index in [0.717, 1.165) is 24.6 Å². The Balaban J connectivity index is 1.33. The molecular formula is C23H30FNO. The molecule has 2 nitrogen and oxygen atoms in total.